The molecule has 4 nitrogen and oxygen atoms in total. The Balaban J connectivity index is 2.23. The third kappa shape index (κ3) is 3.45. The lowest BCUT2D eigenvalue weighted by atomic mass is 9.95. The van der Waals surface area contributed by atoms with Crippen molar-refractivity contribution in [1.82, 2.24) is 4.90 Å². The molecule has 0 aliphatic carbocycles. The number of nitrogens with zero attached hydrogens (tertiary/aromatic N) is 1. The fraction of sp³-hybridized carbons (Fsp3) is 0.200. The number of carbonyl (C=O) groups excluding carboxylic acids is 2. The molecule has 3 rings (SSSR count). The smallest absolute Gasteiger partial charge is 0.295 e. The Hall–Kier alpha value is -2.37. The molecule has 0 aromatic heterocycles. The molecule has 1 aliphatic heterocycles. The summed E-state index contributed by atoms with van der Waals surface area (Å²) < 4.78 is 14.5. The molecule has 1 fully saturated rings. The molecule has 1 N–H and O–H groups in total. The molecule has 0 bridgehead atoms. The lowest BCUT2D eigenvalue weighted by molar-refractivity contribution is -0.139. The Labute approximate surface area is 165 Å². The molecule has 2 aromatic carbocycles. The van der Waals surface area contributed by atoms with E-state index in [9.17, 15) is 19.1 Å². The number of hydrogen-bond donors (Lipinski definition) is 1. The number of aliphatic hydroxyl groups excluding tert-OH is 1. The van der Waals surface area contributed by atoms with E-state index in [-0.39, 0.29) is 33.3 Å². The van der Waals surface area contributed by atoms with Crippen molar-refractivity contribution in [3.63, 3.8) is 0 Å². The van der Waals surface area contributed by atoms with Gasteiger partial charge in [0.15, 0.2) is 0 Å². The Morgan fingerprint density at radius 3 is 2.48 bits per heavy atom. The highest BCUT2D eigenvalue weighted by molar-refractivity contribution is 6.46. The van der Waals surface area contributed by atoms with Crippen molar-refractivity contribution in [2.75, 3.05) is 6.54 Å². The second-order valence-electron chi connectivity index (χ2n) is 6.14. The zero-order valence-corrected chi connectivity index (χ0v) is 15.9. The first kappa shape index (κ1) is 19.4. The van der Waals surface area contributed by atoms with Crippen LogP contribution in [0.4, 0.5) is 4.39 Å². The van der Waals surface area contributed by atoms with Gasteiger partial charge in [-0.15, -0.1) is 0 Å². The van der Waals surface area contributed by atoms with Crippen molar-refractivity contribution in [1.29, 1.82) is 0 Å². The monoisotopic (exact) mass is 407 g/mol. The molecule has 1 atom stereocenters. The van der Waals surface area contributed by atoms with E-state index in [2.05, 4.69) is 0 Å². The summed E-state index contributed by atoms with van der Waals surface area (Å²) in [5.41, 5.74) is 0.198. The summed E-state index contributed by atoms with van der Waals surface area (Å²) in [6.45, 7) is 2.10. The van der Waals surface area contributed by atoms with E-state index >= 15 is 0 Å². The highest BCUT2D eigenvalue weighted by atomic mass is 35.5. The Morgan fingerprint density at radius 2 is 1.85 bits per heavy atom. The first-order valence-corrected chi connectivity index (χ1v) is 9.10. The molecular formula is C20H16Cl2FNO3. The summed E-state index contributed by atoms with van der Waals surface area (Å²) in [5, 5.41) is 11.3. The maximum absolute atomic E-state index is 14.5. The molecule has 27 heavy (non-hydrogen) atoms. The van der Waals surface area contributed by atoms with E-state index in [1.165, 1.54) is 41.3 Å². The Morgan fingerprint density at radius 1 is 1.15 bits per heavy atom. The second kappa shape index (κ2) is 7.71. The van der Waals surface area contributed by atoms with Crippen LogP contribution < -0.4 is 0 Å². The van der Waals surface area contributed by atoms with Gasteiger partial charge in [-0.05, 0) is 30.7 Å². The van der Waals surface area contributed by atoms with Crippen LogP contribution in [0, 0.1) is 5.82 Å². The number of benzene rings is 2. The maximum atomic E-state index is 14.5. The van der Waals surface area contributed by atoms with Gasteiger partial charge < -0.3 is 10.0 Å². The number of carbonyl (C=O) groups is 2. The van der Waals surface area contributed by atoms with Crippen molar-refractivity contribution < 1.29 is 19.1 Å². The standard InChI is InChI=1S/C20H16Cl2FNO3/c1-2-9-24-17(12-5-3-4-6-15(12)23)16(19(26)20(24)27)18(25)11-7-8-13(21)14(22)10-11/h3-8,10,17,25H,2,9H2,1H3/b18-16+. The van der Waals surface area contributed by atoms with Gasteiger partial charge in [-0.3, -0.25) is 9.59 Å². The van der Waals surface area contributed by atoms with Gasteiger partial charge in [-0.25, -0.2) is 4.39 Å². The van der Waals surface area contributed by atoms with Crippen LogP contribution in [0.3, 0.4) is 0 Å². The van der Waals surface area contributed by atoms with Crippen molar-refractivity contribution in [2.45, 2.75) is 19.4 Å². The van der Waals surface area contributed by atoms with E-state index in [0.29, 0.717) is 6.42 Å². The number of aliphatic hydroxyl groups is 1. The van der Waals surface area contributed by atoms with Crippen molar-refractivity contribution >= 4 is 40.7 Å². The van der Waals surface area contributed by atoms with E-state index < -0.39 is 29.3 Å². The van der Waals surface area contributed by atoms with Crippen molar-refractivity contribution in [2.24, 2.45) is 0 Å². The highest BCUT2D eigenvalue weighted by Gasteiger charge is 2.46. The quantitative estimate of drug-likeness (QED) is 0.442. The number of ketones is 1. The van der Waals surface area contributed by atoms with Crippen LogP contribution in [0.2, 0.25) is 10.0 Å². The molecule has 1 amide bonds. The number of likely N-dealkylation sites (tertiary alicyclic amines) is 1. The number of hydrogen-bond acceptors (Lipinski definition) is 3. The van der Waals surface area contributed by atoms with Crippen LogP contribution >= 0.6 is 23.2 Å². The van der Waals surface area contributed by atoms with Crippen LogP contribution in [-0.2, 0) is 9.59 Å². The Bertz CT molecular complexity index is 958. The molecule has 0 spiro atoms. The highest BCUT2D eigenvalue weighted by Crippen LogP contribution is 2.40. The largest absolute Gasteiger partial charge is 0.507 e. The summed E-state index contributed by atoms with van der Waals surface area (Å²) in [4.78, 5) is 26.5. The van der Waals surface area contributed by atoms with E-state index in [4.69, 9.17) is 23.2 Å². The molecule has 140 valence electrons. The van der Waals surface area contributed by atoms with Gasteiger partial charge >= 0.3 is 0 Å². The molecule has 7 heteroatoms. The van der Waals surface area contributed by atoms with Crippen LogP contribution in [0.1, 0.15) is 30.5 Å². The minimum atomic E-state index is -1.01. The van der Waals surface area contributed by atoms with E-state index in [1.807, 2.05) is 6.92 Å². The predicted molar refractivity (Wildman–Crippen MR) is 102 cm³/mol. The van der Waals surface area contributed by atoms with Crippen molar-refractivity contribution in [3.8, 4) is 0 Å². The summed E-state index contributed by atoms with van der Waals surface area (Å²) in [6, 6.07) is 9.21. The lowest BCUT2D eigenvalue weighted by Gasteiger charge is -2.25. The minimum absolute atomic E-state index is 0.145. The number of rotatable bonds is 4. The zero-order valence-electron chi connectivity index (χ0n) is 14.4. The first-order chi connectivity index (χ1) is 12.9. The molecule has 1 heterocycles. The molecule has 0 radical (unpaired) electrons. The van der Waals surface area contributed by atoms with Crippen LogP contribution in [0.25, 0.3) is 5.76 Å². The van der Waals surface area contributed by atoms with Gasteiger partial charge in [0.05, 0.1) is 21.7 Å². The number of halogens is 3. The minimum Gasteiger partial charge on any atom is -0.507 e. The van der Waals surface area contributed by atoms with Gasteiger partial charge in [-0.2, -0.15) is 0 Å². The third-order valence-corrected chi connectivity index (χ3v) is 5.14. The molecular weight excluding hydrogens is 392 g/mol. The van der Waals surface area contributed by atoms with E-state index in [1.54, 1.807) is 6.07 Å². The molecule has 1 saturated heterocycles. The average molecular weight is 408 g/mol. The number of amides is 1. The normalized spacial score (nSPS) is 19.0. The summed E-state index contributed by atoms with van der Waals surface area (Å²) in [6.07, 6.45) is 0.574. The second-order valence-corrected chi connectivity index (χ2v) is 6.96. The first-order valence-electron chi connectivity index (χ1n) is 8.35. The van der Waals surface area contributed by atoms with Gasteiger partial charge in [0, 0.05) is 17.7 Å². The molecule has 2 aromatic rings. The maximum Gasteiger partial charge on any atom is 0.295 e. The van der Waals surface area contributed by atoms with Gasteiger partial charge in [0.1, 0.15) is 11.6 Å². The average Bonchev–Trinajstić information content (AvgIpc) is 2.89. The summed E-state index contributed by atoms with van der Waals surface area (Å²) in [7, 11) is 0. The Kier molecular flexibility index (Phi) is 5.53. The van der Waals surface area contributed by atoms with Crippen molar-refractivity contribution in [3.05, 3.63) is 75.0 Å². The van der Waals surface area contributed by atoms with Gasteiger partial charge in [0.2, 0.25) is 0 Å². The fourth-order valence-corrected chi connectivity index (χ4v) is 3.47. The van der Waals surface area contributed by atoms with Gasteiger partial charge in [0.25, 0.3) is 11.7 Å². The van der Waals surface area contributed by atoms with Crippen LogP contribution in [0.15, 0.2) is 48.0 Å². The molecule has 0 saturated carbocycles. The summed E-state index contributed by atoms with van der Waals surface area (Å²) >= 11 is 11.9. The number of Topliss-reactive ketones (excluding diaryl/α,β-unsaturated/α-hetero) is 1. The lowest BCUT2D eigenvalue weighted by Crippen LogP contribution is -2.30. The predicted octanol–water partition coefficient (Wildman–Crippen LogP) is 4.96. The SMILES string of the molecule is CCCN1C(=O)C(=O)/C(=C(/O)c2ccc(Cl)c(Cl)c2)C1c1ccccc1F. The van der Waals surface area contributed by atoms with E-state index in [0.717, 1.165) is 0 Å². The third-order valence-electron chi connectivity index (χ3n) is 4.40. The molecule has 1 unspecified atom stereocenters. The van der Waals surface area contributed by atoms with Crippen LogP contribution in [0.5, 0.6) is 0 Å². The summed E-state index contributed by atoms with van der Waals surface area (Å²) in [5.74, 6) is -2.61. The van der Waals surface area contributed by atoms with Crippen LogP contribution in [-0.4, -0.2) is 28.2 Å². The van der Waals surface area contributed by atoms with Gasteiger partial charge in [-0.1, -0.05) is 48.3 Å². The zero-order chi connectivity index (χ0) is 19.7. The molecule has 1 aliphatic rings. The fourth-order valence-electron chi connectivity index (χ4n) is 3.17. The topological polar surface area (TPSA) is 57.6 Å².